The molecule has 1 aromatic heterocycles. The normalized spacial score (nSPS) is 10.5. The molecule has 0 saturated carbocycles. The molecule has 1 amide bonds. The Hall–Kier alpha value is -2.10. The van der Waals surface area contributed by atoms with Gasteiger partial charge >= 0.3 is 0 Å². The molecule has 1 aromatic carbocycles. The van der Waals surface area contributed by atoms with Crippen molar-refractivity contribution in [2.45, 2.75) is 13.3 Å². The van der Waals surface area contributed by atoms with Crippen molar-refractivity contribution in [2.24, 2.45) is 12.8 Å². The summed E-state index contributed by atoms with van der Waals surface area (Å²) >= 11 is 0. The van der Waals surface area contributed by atoms with E-state index in [1.807, 2.05) is 25.1 Å². The maximum Gasteiger partial charge on any atom is 0.252 e. The van der Waals surface area contributed by atoms with Gasteiger partial charge in [-0.1, -0.05) is 29.8 Å². The second-order valence-corrected chi connectivity index (χ2v) is 4.19. The lowest BCUT2D eigenvalue weighted by Crippen LogP contribution is -2.12. The Labute approximate surface area is 100 Å². The molecule has 0 unspecified atom stereocenters. The number of hydrogen-bond donors (Lipinski definition) is 1. The summed E-state index contributed by atoms with van der Waals surface area (Å²) in [6.07, 6.45) is 2.29. The minimum atomic E-state index is -0.430. The average molecular weight is 229 g/mol. The van der Waals surface area contributed by atoms with Gasteiger partial charge in [0.1, 0.15) is 0 Å². The summed E-state index contributed by atoms with van der Waals surface area (Å²) in [7, 11) is 1.78. The van der Waals surface area contributed by atoms with E-state index in [4.69, 9.17) is 5.73 Å². The molecule has 0 fully saturated rings. The molecule has 88 valence electrons. The van der Waals surface area contributed by atoms with Gasteiger partial charge in [0, 0.05) is 19.7 Å². The van der Waals surface area contributed by atoms with Crippen molar-refractivity contribution in [2.75, 3.05) is 0 Å². The molecule has 0 radical (unpaired) electrons. The van der Waals surface area contributed by atoms with E-state index in [0.717, 1.165) is 11.3 Å². The van der Waals surface area contributed by atoms with Gasteiger partial charge in [0.2, 0.25) is 0 Å². The Morgan fingerprint density at radius 3 is 2.88 bits per heavy atom. The van der Waals surface area contributed by atoms with Crippen LogP contribution in [0.3, 0.4) is 0 Å². The Kier molecular flexibility index (Phi) is 2.95. The van der Waals surface area contributed by atoms with Crippen LogP contribution in [-0.2, 0) is 13.5 Å². The van der Waals surface area contributed by atoms with E-state index >= 15 is 0 Å². The summed E-state index contributed by atoms with van der Waals surface area (Å²) in [5.41, 5.74) is 8.87. The topological polar surface area (TPSA) is 60.9 Å². The predicted molar refractivity (Wildman–Crippen MR) is 65.7 cm³/mol. The fraction of sp³-hybridized carbons (Fsp3) is 0.231. The highest BCUT2D eigenvalue weighted by Gasteiger charge is 2.12. The summed E-state index contributed by atoms with van der Waals surface area (Å²) in [6, 6.07) is 8.14. The van der Waals surface area contributed by atoms with Crippen LogP contribution in [0.5, 0.6) is 0 Å². The molecule has 1 heterocycles. The maximum absolute atomic E-state index is 11.3. The highest BCUT2D eigenvalue weighted by molar-refractivity contribution is 5.93. The minimum Gasteiger partial charge on any atom is -0.365 e. The number of primary amides is 1. The third kappa shape index (κ3) is 2.53. The third-order valence-electron chi connectivity index (χ3n) is 2.62. The molecule has 4 nitrogen and oxygen atoms in total. The zero-order valence-corrected chi connectivity index (χ0v) is 9.97. The summed E-state index contributed by atoms with van der Waals surface area (Å²) in [4.78, 5) is 11.3. The molecule has 0 spiro atoms. The van der Waals surface area contributed by atoms with E-state index in [9.17, 15) is 4.79 Å². The number of amides is 1. The Bertz CT molecular complexity index is 558. The zero-order chi connectivity index (χ0) is 12.4. The lowest BCUT2D eigenvalue weighted by Gasteiger charge is -2.01. The molecule has 0 saturated heterocycles. The maximum atomic E-state index is 11.3. The summed E-state index contributed by atoms with van der Waals surface area (Å²) in [6.45, 7) is 2.04. The number of carbonyl (C=O) groups is 1. The van der Waals surface area contributed by atoms with Crippen LogP contribution in [0.1, 0.15) is 27.2 Å². The fourth-order valence-electron chi connectivity index (χ4n) is 1.89. The first-order valence-electron chi connectivity index (χ1n) is 5.44. The molecule has 0 aliphatic carbocycles. The molecule has 0 aliphatic rings. The molecule has 17 heavy (non-hydrogen) atoms. The monoisotopic (exact) mass is 229 g/mol. The standard InChI is InChI=1S/C13H15N3O/c1-9-4-3-5-10(6-9)7-12-11(13(14)17)8-16(2)15-12/h3-6,8H,7H2,1-2H3,(H2,14,17). The predicted octanol–water partition coefficient (Wildman–Crippen LogP) is 1.42. The molecule has 2 aromatic rings. The number of nitrogens with zero attached hydrogens (tertiary/aromatic N) is 2. The van der Waals surface area contributed by atoms with Crippen molar-refractivity contribution in [1.82, 2.24) is 9.78 Å². The second-order valence-electron chi connectivity index (χ2n) is 4.19. The number of aryl methyl sites for hydroxylation is 2. The number of benzene rings is 1. The molecular formula is C13H15N3O. The minimum absolute atomic E-state index is 0.430. The first kappa shape index (κ1) is 11.4. The SMILES string of the molecule is Cc1cccc(Cc2nn(C)cc2C(N)=O)c1. The Morgan fingerprint density at radius 1 is 1.47 bits per heavy atom. The van der Waals surface area contributed by atoms with E-state index < -0.39 is 5.91 Å². The van der Waals surface area contributed by atoms with E-state index in [0.29, 0.717) is 12.0 Å². The summed E-state index contributed by atoms with van der Waals surface area (Å²) < 4.78 is 1.62. The van der Waals surface area contributed by atoms with Crippen LogP contribution in [0.4, 0.5) is 0 Å². The van der Waals surface area contributed by atoms with E-state index in [-0.39, 0.29) is 0 Å². The van der Waals surface area contributed by atoms with Crippen LogP contribution in [0.25, 0.3) is 0 Å². The van der Waals surface area contributed by atoms with Gasteiger partial charge in [0.05, 0.1) is 11.3 Å². The number of nitrogens with two attached hydrogens (primary N) is 1. The van der Waals surface area contributed by atoms with Crippen LogP contribution in [0, 0.1) is 6.92 Å². The number of hydrogen-bond acceptors (Lipinski definition) is 2. The van der Waals surface area contributed by atoms with Crippen LogP contribution < -0.4 is 5.73 Å². The van der Waals surface area contributed by atoms with E-state index in [1.54, 1.807) is 17.9 Å². The number of carbonyl (C=O) groups excluding carboxylic acids is 1. The Morgan fingerprint density at radius 2 is 2.24 bits per heavy atom. The third-order valence-corrected chi connectivity index (χ3v) is 2.62. The molecule has 0 bridgehead atoms. The van der Waals surface area contributed by atoms with Crippen molar-refractivity contribution < 1.29 is 4.79 Å². The highest BCUT2D eigenvalue weighted by Crippen LogP contribution is 2.13. The van der Waals surface area contributed by atoms with Gasteiger partial charge in [-0.25, -0.2) is 0 Å². The van der Waals surface area contributed by atoms with Gasteiger partial charge in [-0.05, 0) is 12.5 Å². The lowest BCUT2D eigenvalue weighted by atomic mass is 10.0. The molecule has 0 aliphatic heterocycles. The zero-order valence-electron chi connectivity index (χ0n) is 9.97. The average Bonchev–Trinajstić information content (AvgIpc) is 2.59. The van der Waals surface area contributed by atoms with Gasteiger partial charge in [-0.3, -0.25) is 9.48 Å². The van der Waals surface area contributed by atoms with Crippen LogP contribution in [-0.4, -0.2) is 15.7 Å². The second kappa shape index (κ2) is 4.41. The van der Waals surface area contributed by atoms with Gasteiger partial charge in [-0.2, -0.15) is 5.10 Å². The molecular weight excluding hydrogens is 214 g/mol. The quantitative estimate of drug-likeness (QED) is 0.865. The van der Waals surface area contributed by atoms with Crippen molar-refractivity contribution in [1.29, 1.82) is 0 Å². The largest absolute Gasteiger partial charge is 0.365 e. The van der Waals surface area contributed by atoms with Crippen LogP contribution in [0.2, 0.25) is 0 Å². The van der Waals surface area contributed by atoms with Crippen LogP contribution in [0.15, 0.2) is 30.5 Å². The number of rotatable bonds is 3. The molecule has 4 heteroatoms. The fourth-order valence-corrected chi connectivity index (χ4v) is 1.89. The lowest BCUT2D eigenvalue weighted by molar-refractivity contribution is 0.0999. The molecule has 0 atom stereocenters. The first-order chi connectivity index (χ1) is 8.06. The molecule has 2 rings (SSSR count). The van der Waals surface area contributed by atoms with Crippen molar-refractivity contribution in [3.8, 4) is 0 Å². The number of aromatic nitrogens is 2. The van der Waals surface area contributed by atoms with E-state index in [1.165, 1.54) is 5.56 Å². The van der Waals surface area contributed by atoms with Gasteiger partial charge < -0.3 is 5.73 Å². The van der Waals surface area contributed by atoms with Crippen molar-refractivity contribution in [3.63, 3.8) is 0 Å². The summed E-state index contributed by atoms with van der Waals surface area (Å²) in [5, 5.41) is 4.27. The summed E-state index contributed by atoms with van der Waals surface area (Å²) in [5.74, 6) is -0.430. The van der Waals surface area contributed by atoms with Crippen LogP contribution >= 0.6 is 0 Å². The smallest absolute Gasteiger partial charge is 0.252 e. The Balaban J connectivity index is 2.32. The molecule has 2 N–H and O–H groups in total. The highest BCUT2D eigenvalue weighted by atomic mass is 16.1. The van der Waals surface area contributed by atoms with Gasteiger partial charge in [0.15, 0.2) is 0 Å². The van der Waals surface area contributed by atoms with Crippen molar-refractivity contribution >= 4 is 5.91 Å². The van der Waals surface area contributed by atoms with Crippen molar-refractivity contribution in [3.05, 3.63) is 52.8 Å². The first-order valence-corrected chi connectivity index (χ1v) is 5.44. The van der Waals surface area contributed by atoms with E-state index in [2.05, 4.69) is 11.2 Å². The van der Waals surface area contributed by atoms with Gasteiger partial charge in [-0.15, -0.1) is 0 Å². The van der Waals surface area contributed by atoms with Gasteiger partial charge in [0.25, 0.3) is 5.91 Å².